The van der Waals surface area contributed by atoms with Crippen LogP contribution in [0.1, 0.15) is 239 Å². The van der Waals surface area contributed by atoms with Crippen LogP contribution in [0.4, 0.5) is 0 Å². The normalized spacial score (nSPS) is 14.4. The van der Waals surface area contributed by atoms with Crippen LogP contribution in [-0.2, 0) is 18.4 Å². The largest absolute Gasteiger partial charge is 0.756 e. The van der Waals surface area contributed by atoms with Gasteiger partial charge in [-0.05, 0) is 32.1 Å². The average Bonchev–Trinajstić information content (AvgIpc) is 3.19. The molecule has 0 bridgehead atoms. The highest BCUT2D eigenvalue weighted by Crippen LogP contribution is 2.38. The fraction of sp³-hybridized carbons (Fsp3) is 0.900. The second kappa shape index (κ2) is 42.3. The van der Waals surface area contributed by atoms with Gasteiger partial charge in [0.25, 0.3) is 7.82 Å². The van der Waals surface area contributed by atoms with E-state index >= 15 is 0 Å². The van der Waals surface area contributed by atoms with Gasteiger partial charge in [0.2, 0.25) is 5.91 Å². The van der Waals surface area contributed by atoms with E-state index < -0.39 is 20.0 Å². The highest BCUT2D eigenvalue weighted by molar-refractivity contribution is 7.45. The number of aliphatic hydroxyl groups excluding tert-OH is 1. The third-order valence-electron chi connectivity index (χ3n) is 11.4. The number of hydrogen-bond donors (Lipinski definition) is 2. The molecule has 59 heavy (non-hydrogen) atoms. The second-order valence-electron chi connectivity index (χ2n) is 18.5. The number of amides is 1. The first-order valence-electron chi connectivity index (χ1n) is 25.2. The summed E-state index contributed by atoms with van der Waals surface area (Å²) in [5.74, 6) is -0.205. The molecule has 3 unspecified atom stereocenters. The van der Waals surface area contributed by atoms with Crippen LogP contribution < -0.4 is 10.2 Å². The van der Waals surface area contributed by atoms with Crippen molar-refractivity contribution in [1.82, 2.24) is 5.32 Å². The van der Waals surface area contributed by atoms with E-state index in [1.165, 1.54) is 180 Å². The molecule has 1 amide bonds. The van der Waals surface area contributed by atoms with Crippen molar-refractivity contribution >= 4 is 13.7 Å². The van der Waals surface area contributed by atoms with Crippen molar-refractivity contribution in [2.24, 2.45) is 0 Å². The Morgan fingerprint density at radius 2 is 0.949 bits per heavy atom. The lowest BCUT2D eigenvalue weighted by Crippen LogP contribution is -2.45. The van der Waals surface area contributed by atoms with Crippen LogP contribution in [0.15, 0.2) is 24.3 Å². The molecule has 0 heterocycles. The van der Waals surface area contributed by atoms with Crippen LogP contribution in [0.2, 0.25) is 0 Å². The number of hydrogen-bond acceptors (Lipinski definition) is 6. The number of likely N-dealkylation sites (N-methyl/N-ethyl adjacent to an activating group) is 1. The molecule has 0 fully saturated rings. The first kappa shape index (κ1) is 58.0. The van der Waals surface area contributed by atoms with Crippen LogP contribution in [-0.4, -0.2) is 68.5 Å². The van der Waals surface area contributed by atoms with E-state index in [1.54, 1.807) is 6.08 Å². The van der Waals surface area contributed by atoms with Gasteiger partial charge >= 0.3 is 0 Å². The van der Waals surface area contributed by atoms with Crippen LogP contribution in [0, 0.1) is 0 Å². The predicted molar refractivity (Wildman–Crippen MR) is 252 cm³/mol. The van der Waals surface area contributed by atoms with Crippen molar-refractivity contribution in [3.05, 3.63) is 24.3 Å². The molecule has 2 N–H and O–H groups in total. The Bertz CT molecular complexity index is 1020. The number of unbranched alkanes of at least 4 members (excludes halogenated alkanes) is 31. The lowest BCUT2D eigenvalue weighted by molar-refractivity contribution is -0.870. The standard InChI is InChI=1S/C50H99N2O6P/c1-6-8-10-12-14-16-18-19-20-21-22-23-24-25-26-27-28-29-30-31-32-33-34-36-38-40-42-44-50(54)51-48(47-58-59(55,56)57-46-45-52(3,4)5)49(53)43-41-39-37-35-17-15-13-11-9-7-2/h17,35,41,43,48-49,53H,6-16,18-34,36-40,42,44-47H2,1-5H3,(H-,51,54,55,56)/b35-17+,43-41+. The summed E-state index contributed by atoms with van der Waals surface area (Å²) in [4.78, 5) is 25.3. The second-order valence-corrected chi connectivity index (χ2v) is 19.9. The summed E-state index contributed by atoms with van der Waals surface area (Å²) in [6, 6.07) is -0.897. The topological polar surface area (TPSA) is 108 Å². The monoisotopic (exact) mass is 855 g/mol. The molecule has 0 aliphatic carbocycles. The van der Waals surface area contributed by atoms with Gasteiger partial charge in [0.1, 0.15) is 13.2 Å². The Morgan fingerprint density at radius 3 is 1.37 bits per heavy atom. The highest BCUT2D eigenvalue weighted by Gasteiger charge is 2.23. The molecule has 0 saturated carbocycles. The molecule has 0 aromatic carbocycles. The number of quaternary nitrogens is 1. The van der Waals surface area contributed by atoms with Gasteiger partial charge in [-0.2, -0.15) is 0 Å². The number of nitrogens with zero attached hydrogens (tertiary/aromatic N) is 1. The van der Waals surface area contributed by atoms with Gasteiger partial charge in [0.05, 0.1) is 39.9 Å². The van der Waals surface area contributed by atoms with E-state index in [-0.39, 0.29) is 19.1 Å². The summed E-state index contributed by atoms with van der Waals surface area (Å²) in [5, 5.41) is 13.7. The Labute approximate surface area is 366 Å². The van der Waals surface area contributed by atoms with E-state index in [0.29, 0.717) is 17.4 Å². The Hall–Kier alpha value is -1.02. The molecule has 0 saturated heterocycles. The molecule has 350 valence electrons. The zero-order valence-electron chi connectivity index (χ0n) is 39.7. The van der Waals surface area contributed by atoms with Crippen molar-refractivity contribution < 1.29 is 32.9 Å². The van der Waals surface area contributed by atoms with E-state index in [2.05, 4.69) is 31.3 Å². The number of aliphatic hydroxyl groups is 1. The maximum absolute atomic E-state index is 12.9. The van der Waals surface area contributed by atoms with E-state index in [0.717, 1.165) is 38.5 Å². The fourth-order valence-corrected chi connectivity index (χ4v) is 8.13. The molecule has 0 aromatic rings. The van der Waals surface area contributed by atoms with Crippen LogP contribution in [0.25, 0.3) is 0 Å². The van der Waals surface area contributed by atoms with Crippen LogP contribution in [0.5, 0.6) is 0 Å². The molecule has 3 atom stereocenters. The number of phosphoric ester groups is 1. The summed E-state index contributed by atoms with van der Waals surface area (Å²) in [5.41, 5.74) is 0. The average molecular weight is 855 g/mol. The summed E-state index contributed by atoms with van der Waals surface area (Å²) in [7, 11) is 1.25. The molecule has 0 aliphatic heterocycles. The van der Waals surface area contributed by atoms with Gasteiger partial charge in [-0.25, -0.2) is 0 Å². The molecule has 9 heteroatoms. The minimum Gasteiger partial charge on any atom is -0.756 e. The first-order chi connectivity index (χ1) is 28.5. The number of phosphoric acid groups is 1. The third kappa shape index (κ3) is 44.8. The van der Waals surface area contributed by atoms with Crippen LogP contribution >= 0.6 is 7.82 Å². The molecule has 0 radical (unpaired) electrons. The Kier molecular flexibility index (Phi) is 41.6. The van der Waals surface area contributed by atoms with Crippen molar-refractivity contribution in [1.29, 1.82) is 0 Å². The predicted octanol–water partition coefficient (Wildman–Crippen LogP) is 13.8. The maximum Gasteiger partial charge on any atom is 0.268 e. The summed E-state index contributed by atoms with van der Waals surface area (Å²) >= 11 is 0. The maximum atomic E-state index is 12.9. The summed E-state index contributed by atoms with van der Waals surface area (Å²) in [6.07, 6.45) is 51.2. The molecule has 8 nitrogen and oxygen atoms in total. The number of allylic oxidation sites excluding steroid dienone is 3. The van der Waals surface area contributed by atoms with Gasteiger partial charge < -0.3 is 28.8 Å². The van der Waals surface area contributed by atoms with E-state index in [9.17, 15) is 19.4 Å². The molecule has 0 rings (SSSR count). The molecular weight excluding hydrogens is 756 g/mol. The van der Waals surface area contributed by atoms with Gasteiger partial charge in [-0.3, -0.25) is 9.36 Å². The van der Waals surface area contributed by atoms with Crippen molar-refractivity contribution in [2.75, 3.05) is 40.9 Å². The highest BCUT2D eigenvalue weighted by atomic mass is 31.2. The quantitative estimate of drug-likeness (QED) is 0.0273. The number of carbonyl (C=O) groups excluding carboxylic acids is 1. The number of rotatable bonds is 46. The molecule has 0 aliphatic rings. The number of nitrogens with one attached hydrogen (secondary N) is 1. The van der Waals surface area contributed by atoms with Crippen molar-refractivity contribution in [3.8, 4) is 0 Å². The molecule has 0 spiro atoms. The van der Waals surface area contributed by atoms with E-state index in [4.69, 9.17) is 9.05 Å². The SMILES string of the molecule is CCCCCC/C=C/CC/C=C/C(O)C(COP(=O)([O-])OCC[N+](C)(C)C)NC(=O)CCCCCCCCCCCCCCCCCCCCCCCCCCCCC. The summed E-state index contributed by atoms with van der Waals surface area (Å²) < 4.78 is 23.2. The third-order valence-corrected chi connectivity index (χ3v) is 12.4. The number of carbonyl (C=O) groups is 1. The van der Waals surface area contributed by atoms with Crippen molar-refractivity contribution in [2.45, 2.75) is 251 Å². The smallest absolute Gasteiger partial charge is 0.268 e. The summed E-state index contributed by atoms with van der Waals surface area (Å²) in [6.45, 7) is 4.61. The van der Waals surface area contributed by atoms with Gasteiger partial charge in [-0.1, -0.05) is 224 Å². The van der Waals surface area contributed by atoms with Crippen LogP contribution in [0.3, 0.4) is 0 Å². The fourth-order valence-electron chi connectivity index (χ4n) is 7.41. The lowest BCUT2D eigenvalue weighted by atomic mass is 10.0. The lowest BCUT2D eigenvalue weighted by Gasteiger charge is -2.29. The van der Waals surface area contributed by atoms with Gasteiger partial charge in [0.15, 0.2) is 0 Å². The zero-order chi connectivity index (χ0) is 43.6. The van der Waals surface area contributed by atoms with Gasteiger partial charge in [-0.15, -0.1) is 0 Å². The first-order valence-corrected chi connectivity index (χ1v) is 26.7. The van der Waals surface area contributed by atoms with Gasteiger partial charge in [0, 0.05) is 6.42 Å². The molecular formula is C50H99N2O6P. The zero-order valence-corrected chi connectivity index (χ0v) is 40.6. The Morgan fingerprint density at radius 1 is 0.576 bits per heavy atom. The minimum atomic E-state index is -4.59. The minimum absolute atomic E-state index is 0.00445. The molecule has 0 aromatic heterocycles. The Balaban J connectivity index is 4.06. The van der Waals surface area contributed by atoms with E-state index in [1.807, 2.05) is 27.2 Å². The van der Waals surface area contributed by atoms with Crippen molar-refractivity contribution in [3.63, 3.8) is 0 Å².